The normalized spacial score (nSPS) is 20.4. The number of imidazole rings is 1. The molecule has 4 rings (SSSR count). The number of aliphatic hydroxyl groups is 1. The highest BCUT2D eigenvalue weighted by atomic mass is 32.2. The second kappa shape index (κ2) is 16.4. The van der Waals surface area contributed by atoms with Crippen molar-refractivity contribution in [2.45, 2.75) is 69.9 Å². The number of hydrogen-bond acceptors (Lipinski definition) is 9. The van der Waals surface area contributed by atoms with Crippen LogP contribution in [0, 0.1) is 5.92 Å². The van der Waals surface area contributed by atoms with Gasteiger partial charge in [-0.2, -0.15) is 8.42 Å². The van der Waals surface area contributed by atoms with Gasteiger partial charge in [0.05, 0.1) is 42.3 Å². The number of hydrogen-bond donors (Lipinski definition) is 3. The highest BCUT2D eigenvalue weighted by Crippen LogP contribution is 2.29. The summed E-state index contributed by atoms with van der Waals surface area (Å²) in [6.07, 6.45) is 4.65. The molecule has 4 atom stereocenters. The lowest BCUT2D eigenvalue weighted by Gasteiger charge is -2.36. The van der Waals surface area contributed by atoms with Gasteiger partial charge in [-0.05, 0) is 76.1 Å². The molecule has 0 saturated carbocycles. The second-order valence-electron chi connectivity index (χ2n) is 12.7. The fourth-order valence-corrected chi connectivity index (χ4v) is 6.65. The van der Waals surface area contributed by atoms with E-state index in [0.29, 0.717) is 31.9 Å². The van der Waals surface area contributed by atoms with Gasteiger partial charge < -0.3 is 29.2 Å². The monoisotopic (exact) mass is 685 g/mol. The number of benzene rings is 2. The summed E-state index contributed by atoms with van der Waals surface area (Å²) in [5.74, 6) is -1.21. The van der Waals surface area contributed by atoms with Crippen molar-refractivity contribution in [3.8, 4) is 5.75 Å². The Bertz CT molecular complexity index is 1650. The van der Waals surface area contributed by atoms with E-state index in [9.17, 15) is 28.2 Å². The van der Waals surface area contributed by atoms with E-state index in [1.165, 1.54) is 23.2 Å². The summed E-state index contributed by atoms with van der Waals surface area (Å²) in [5.41, 5.74) is 1.54. The fraction of sp³-hybridized carbons (Fsp3) is 0.500. The average molecular weight is 686 g/mol. The molecule has 0 bridgehead atoms. The lowest BCUT2D eigenvalue weighted by Crippen LogP contribution is -2.47. The molecule has 14 heteroatoms. The van der Waals surface area contributed by atoms with Gasteiger partial charge in [0.2, 0.25) is 0 Å². The first kappa shape index (κ1) is 36.8. The maximum atomic E-state index is 14.3. The van der Waals surface area contributed by atoms with Crippen LogP contribution in [0.1, 0.15) is 66.3 Å². The van der Waals surface area contributed by atoms with Crippen molar-refractivity contribution < 1.29 is 37.7 Å². The number of sulfonamides is 1. The van der Waals surface area contributed by atoms with Crippen LogP contribution in [0.25, 0.3) is 0 Å². The van der Waals surface area contributed by atoms with Crippen molar-refractivity contribution in [1.29, 1.82) is 0 Å². The molecular formula is C34H47N5O8S. The molecule has 0 saturated heterocycles. The first-order valence-electron chi connectivity index (χ1n) is 16.1. The number of amides is 1. The topological polar surface area (TPSA) is 164 Å². The Labute approximate surface area is 282 Å². The highest BCUT2D eigenvalue weighted by Gasteiger charge is 2.31. The van der Waals surface area contributed by atoms with Crippen LogP contribution in [0.5, 0.6) is 5.75 Å². The third-order valence-electron chi connectivity index (χ3n) is 8.41. The number of aryl methyl sites for hydroxylation is 1. The molecular weight excluding hydrogens is 638 g/mol. The molecule has 3 N–H and O–H groups in total. The first-order valence-corrected chi connectivity index (χ1v) is 17.6. The van der Waals surface area contributed by atoms with E-state index in [0.717, 1.165) is 18.4 Å². The van der Waals surface area contributed by atoms with Crippen LogP contribution in [0.2, 0.25) is 0 Å². The summed E-state index contributed by atoms with van der Waals surface area (Å²) in [7, 11) is -0.386. The van der Waals surface area contributed by atoms with Crippen molar-refractivity contribution in [2.75, 3.05) is 38.1 Å². The standard InChI is InChI=1S/C34H47N5O8S/c1-23-17-39(24(2)21-40)33(41)29-16-28(36-48(44,45)32-20-38(5)22-35-32)13-14-30(29)47-25(3)8-6-7-15-46-31(23)19-37(4)18-26-9-11-27(12-10-26)34(42)43/h9-14,16,20,22-25,31,36,40H,6-8,15,17-19,21H2,1-5H3,(H,42,43)/t23-,24-,25-,31-/m1/s1. The lowest BCUT2D eigenvalue weighted by molar-refractivity contribution is -0.0177. The van der Waals surface area contributed by atoms with Crippen LogP contribution < -0.4 is 9.46 Å². The molecule has 1 aliphatic rings. The molecule has 0 unspecified atom stereocenters. The Morgan fingerprint density at radius 2 is 1.90 bits per heavy atom. The number of anilines is 1. The minimum atomic E-state index is -4.02. The predicted octanol–water partition coefficient (Wildman–Crippen LogP) is 3.85. The zero-order valence-electron chi connectivity index (χ0n) is 28.2. The number of rotatable bonds is 10. The number of likely N-dealkylation sites (N-methyl/N-ethyl adjacent to an activating group) is 1. The largest absolute Gasteiger partial charge is 0.490 e. The number of aliphatic hydroxyl groups excluding tert-OH is 1. The number of carbonyl (C=O) groups excluding carboxylic acids is 1. The molecule has 13 nitrogen and oxygen atoms in total. The van der Waals surface area contributed by atoms with Gasteiger partial charge in [0, 0.05) is 51.1 Å². The summed E-state index contributed by atoms with van der Waals surface area (Å²) >= 11 is 0. The maximum Gasteiger partial charge on any atom is 0.335 e. The zero-order chi connectivity index (χ0) is 35.0. The molecule has 3 aromatic rings. The molecule has 0 aliphatic carbocycles. The van der Waals surface area contributed by atoms with Crippen molar-refractivity contribution in [1.82, 2.24) is 19.4 Å². The smallest absolute Gasteiger partial charge is 0.335 e. The number of carboxylic acids is 1. The molecule has 0 fully saturated rings. The number of nitrogens with one attached hydrogen (secondary N) is 1. The SMILES string of the molecule is C[C@@H]1CCCCO[C@H](CN(C)Cc2ccc(C(=O)O)cc2)[C@H](C)CN([C@H](C)CO)C(=O)c2cc(NS(=O)(=O)c3cn(C)cn3)ccc2O1. The van der Waals surface area contributed by atoms with Gasteiger partial charge in [0.1, 0.15) is 5.75 Å². The van der Waals surface area contributed by atoms with E-state index in [1.807, 2.05) is 20.9 Å². The number of carbonyl (C=O) groups is 2. The van der Waals surface area contributed by atoms with Crippen molar-refractivity contribution >= 4 is 27.6 Å². The van der Waals surface area contributed by atoms with E-state index in [-0.39, 0.29) is 53.1 Å². The fourth-order valence-electron chi connectivity index (χ4n) is 5.62. The maximum absolute atomic E-state index is 14.3. The van der Waals surface area contributed by atoms with Gasteiger partial charge >= 0.3 is 5.97 Å². The molecule has 262 valence electrons. The van der Waals surface area contributed by atoms with Crippen molar-refractivity contribution in [2.24, 2.45) is 13.0 Å². The molecule has 2 heterocycles. The third-order valence-corrected chi connectivity index (χ3v) is 9.67. The molecule has 0 radical (unpaired) electrons. The Kier molecular flexibility index (Phi) is 12.6. The van der Waals surface area contributed by atoms with Gasteiger partial charge in [0.25, 0.3) is 15.9 Å². The minimum Gasteiger partial charge on any atom is -0.490 e. The third kappa shape index (κ3) is 9.78. The Morgan fingerprint density at radius 1 is 1.17 bits per heavy atom. The summed E-state index contributed by atoms with van der Waals surface area (Å²) < 4.78 is 42.8. The van der Waals surface area contributed by atoms with E-state index < -0.39 is 27.9 Å². The van der Waals surface area contributed by atoms with Gasteiger partial charge in [-0.15, -0.1) is 0 Å². The molecule has 0 spiro atoms. The van der Waals surface area contributed by atoms with E-state index in [1.54, 1.807) is 55.3 Å². The Morgan fingerprint density at radius 3 is 2.54 bits per heavy atom. The van der Waals surface area contributed by atoms with Crippen LogP contribution in [0.15, 0.2) is 60.0 Å². The number of aromatic nitrogens is 2. The molecule has 2 aromatic carbocycles. The number of carboxylic acid groups (broad SMARTS) is 1. The first-order chi connectivity index (χ1) is 22.8. The van der Waals surface area contributed by atoms with Gasteiger partial charge in [0.15, 0.2) is 5.03 Å². The van der Waals surface area contributed by atoms with E-state index in [2.05, 4.69) is 14.6 Å². The van der Waals surface area contributed by atoms with Gasteiger partial charge in [-0.1, -0.05) is 19.1 Å². The zero-order valence-corrected chi connectivity index (χ0v) is 29.0. The highest BCUT2D eigenvalue weighted by molar-refractivity contribution is 7.92. The Hall–Kier alpha value is -3.98. The average Bonchev–Trinajstić information content (AvgIpc) is 3.49. The lowest BCUT2D eigenvalue weighted by atomic mass is 10.0. The second-order valence-corrected chi connectivity index (χ2v) is 14.3. The van der Waals surface area contributed by atoms with Crippen LogP contribution in [0.3, 0.4) is 0 Å². The number of aromatic carboxylic acids is 1. The number of fused-ring (bicyclic) bond motifs is 1. The number of nitrogens with zero attached hydrogens (tertiary/aromatic N) is 4. The molecule has 1 aliphatic heterocycles. The quantitative estimate of drug-likeness (QED) is 0.286. The minimum absolute atomic E-state index is 0.154. The molecule has 1 aromatic heterocycles. The van der Waals surface area contributed by atoms with Crippen molar-refractivity contribution in [3.05, 3.63) is 71.7 Å². The van der Waals surface area contributed by atoms with Crippen LogP contribution in [-0.2, 0) is 28.4 Å². The van der Waals surface area contributed by atoms with Gasteiger partial charge in [-0.25, -0.2) is 9.78 Å². The van der Waals surface area contributed by atoms with Crippen LogP contribution >= 0.6 is 0 Å². The number of ether oxygens (including phenoxy) is 2. The summed E-state index contributed by atoms with van der Waals surface area (Å²) in [4.78, 5) is 33.2. The summed E-state index contributed by atoms with van der Waals surface area (Å²) in [6.45, 7) is 7.31. The Balaban J connectivity index is 1.61. The summed E-state index contributed by atoms with van der Waals surface area (Å²) in [6, 6.07) is 10.8. The van der Waals surface area contributed by atoms with Gasteiger partial charge in [-0.3, -0.25) is 14.4 Å². The van der Waals surface area contributed by atoms with Crippen molar-refractivity contribution in [3.63, 3.8) is 0 Å². The van der Waals surface area contributed by atoms with Crippen LogP contribution in [0.4, 0.5) is 5.69 Å². The molecule has 48 heavy (non-hydrogen) atoms. The van der Waals surface area contributed by atoms with E-state index >= 15 is 0 Å². The van der Waals surface area contributed by atoms with Crippen LogP contribution in [-0.4, -0.2) is 101 Å². The summed E-state index contributed by atoms with van der Waals surface area (Å²) in [5, 5.41) is 19.3. The van der Waals surface area contributed by atoms with E-state index in [4.69, 9.17) is 9.47 Å². The molecule has 1 amide bonds. The predicted molar refractivity (Wildman–Crippen MR) is 181 cm³/mol.